The molecule has 1 aromatic heterocycles. The molecule has 1 unspecified atom stereocenters. The molecular formula is C7H11N3O2S. The van der Waals surface area contributed by atoms with Gasteiger partial charge in [0.05, 0.1) is 11.6 Å². The Hall–Kier alpha value is -0.880. The van der Waals surface area contributed by atoms with E-state index in [4.69, 9.17) is 0 Å². The number of aromatic amines is 2. The zero-order valence-corrected chi connectivity index (χ0v) is 7.78. The van der Waals surface area contributed by atoms with E-state index in [2.05, 4.69) is 15.5 Å². The third-order valence-electron chi connectivity index (χ3n) is 2.06. The maximum atomic E-state index is 11.2. The molecule has 1 saturated heterocycles. The van der Waals surface area contributed by atoms with Gasteiger partial charge in [-0.2, -0.15) is 11.8 Å². The van der Waals surface area contributed by atoms with Crippen molar-refractivity contribution in [1.82, 2.24) is 15.5 Å². The Morgan fingerprint density at radius 1 is 1.46 bits per heavy atom. The lowest BCUT2D eigenvalue weighted by molar-refractivity contribution is 0.435. The largest absolute Gasteiger partial charge is 0.493 e. The number of rotatable bonds is 1. The molecule has 0 aromatic carbocycles. The van der Waals surface area contributed by atoms with Crippen molar-refractivity contribution >= 4 is 11.8 Å². The molecule has 0 aliphatic carbocycles. The van der Waals surface area contributed by atoms with Crippen LogP contribution in [0, 0.1) is 0 Å². The van der Waals surface area contributed by atoms with Crippen molar-refractivity contribution in [3.05, 3.63) is 15.9 Å². The van der Waals surface area contributed by atoms with Crippen molar-refractivity contribution < 1.29 is 5.11 Å². The van der Waals surface area contributed by atoms with Crippen LogP contribution in [0.3, 0.4) is 0 Å². The van der Waals surface area contributed by atoms with E-state index in [1.807, 2.05) is 0 Å². The lowest BCUT2D eigenvalue weighted by Crippen LogP contribution is -2.32. The van der Waals surface area contributed by atoms with Gasteiger partial charge in [0.25, 0.3) is 5.56 Å². The molecular weight excluding hydrogens is 190 g/mol. The van der Waals surface area contributed by atoms with Crippen LogP contribution in [-0.4, -0.2) is 33.4 Å². The van der Waals surface area contributed by atoms with E-state index < -0.39 is 0 Å². The number of nitrogens with one attached hydrogen (secondary N) is 3. The average molecular weight is 201 g/mol. The predicted molar refractivity (Wildman–Crippen MR) is 51.1 cm³/mol. The first-order chi connectivity index (χ1) is 6.29. The number of hydrogen-bond donors (Lipinski definition) is 4. The van der Waals surface area contributed by atoms with E-state index in [1.54, 1.807) is 11.8 Å². The van der Waals surface area contributed by atoms with Crippen molar-refractivity contribution in [2.75, 3.05) is 18.1 Å². The van der Waals surface area contributed by atoms with Gasteiger partial charge in [0.15, 0.2) is 0 Å². The van der Waals surface area contributed by atoms with Gasteiger partial charge in [-0.3, -0.25) is 15.0 Å². The second-order valence-corrected chi connectivity index (χ2v) is 4.07. The summed E-state index contributed by atoms with van der Waals surface area (Å²) in [6.45, 7) is 0.874. The summed E-state index contributed by atoms with van der Waals surface area (Å²) in [4.78, 5) is 11.2. The third kappa shape index (κ3) is 1.59. The van der Waals surface area contributed by atoms with Crippen LogP contribution < -0.4 is 10.9 Å². The SMILES string of the molecule is O=c1[nH][nH]c(O)c1C1CSCCN1. The van der Waals surface area contributed by atoms with Crippen LogP contribution in [0.4, 0.5) is 0 Å². The first kappa shape index (κ1) is 8.71. The minimum Gasteiger partial charge on any atom is -0.493 e. The lowest BCUT2D eigenvalue weighted by Gasteiger charge is -2.21. The molecule has 2 heterocycles. The quantitative estimate of drug-likeness (QED) is 0.506. The van der Waals surface area contributed by atoms with Gasteiger partial charge in [0.2, 0.25) is 5.88 Å². The topological polar surface area (TPSA) is 80.9 Å². The highest BCUT2D eigenvalue weighted by Crippen LogP contribution is 2.23. The molecule has 2 rings (SSSR count). The van der Waals surface area contributed by atoms with Crippen LogP contribution >= 0.6 is 11.8 Å². The second kappa shape index (κ2) is 3.47. The first-order valence-corrected chi connectivity index (χ1v) is 5.25. The van der Waals surface area contributed by atoms with Gasteiger partial charge in [-0.1, -0.05) is 0 Å². The Balaban J connectivity index is 2.27. The molecule has 0 radical (unpaired) electrons. The van der Waals surface area contributed by atoms with Crippen molar-refractivity contribution in [2.45, 2.75) is 6.04 Å². The highest BCUT2D eigenvalue weighted by molar-refractivity contribution is 7.99. The van der Waals surface area contributed by atoms with Crippen LogP contribution in [0.25, 0.3) is 0 Å². The number of thioether (sulfide) groups is 1. The van der Waals surface area contributed by atoms with Crippen LogP contribution in [0.2, 0.25) is 0 Å². The molecule has 1 aromatic rings. The van der Waals surface area contributed by atoms with Crippen molar-refractivity contribution in [3.63, 3.8) is 0 Å². The molecule has 6 heteroatoms. The molecule has 0 spiro atoms. The molecule has 5 nitrogen and oxygen atoms in total. The third-order valence-corrected chi connectivity index (χ3v) is 3.13. The predicted octanol–water partition coefficient (Wildman–Crippen LogP) is -0.214. The van der Waals surface area contributed by atoms with Gasteiger partial charge < -0.3 is 10.4 Å². The fraction of sp³-hybridized carbons (Fsp3) is 0.571. The Kier molecular flexibility index (Phi) is 2.32. The summed E-state index contributed by atoms with van der Waals surface area (Å²) < 4.78 is 0. The van der Waals surface area contributed by atoms with Crippen molar-refractivity contribution in [2.24, 2.45) is 0 Å². The number of hydrogen-bond acceptors (Lipinski definition) is 4. The van der Waals surface area contributed by atoms with E-state index in [0.29, 0.717) is 5.56 Å². The fourth-order valence-electron chi connectivity index (χ4n) is 1.43. The van der Waals surface area contributed by atoms with Crippen molar-refractivity contribution in [3.8, 4) is 5.88 Å². The highest BCUT2D eigenvalue weighted by Gasteiger charge is 2.22. The van der Waals surface area contributed by atoms with Gasteiger partial charge in [-0.05, 0) is 0 Å². The monoisotopic (exact) mass is 201 g/mol. The molecule has 1 aliphatic rings. The zero-order chi connectivity index (χ0) is 9.26. The minimum absolute atomic E-state index is 0.0336. The normalized spacial score (nSPS) is 23.2. The van der Waals surface area contributed by atoms with E-state index in [1.165, 1.54) is 0 Å². The van der Waals surface area contributed by atoms with Gasteiger partial charge in [-0.15, -0.1) is 0 Å². The maximum Gasteiger partial charge on any atom is 0.272 e. The van der Waals surface area contributed by atoms with E-state index in [9.17, 15) is 9.90 Å². The van der Waals surface area contributed by atoms with Gasteiger partial charge >= 0.3 is 0 Å². The lowest BCUT2D eigenvalue weighted by atomic mass is 10.2. The molecule has 4 N–H and O–H groups in total. The average Bonchev–Trinajstić information content (AvgIpc) is 2.48. The maximum absolute atomic E-state index is 11.2. The van der Waals surface area contributed by atoms with Crippen molar-refractivity contribution in [1.29, 1.82) is 0 Å². The summed E-state index contributed by atoms with van der Waals surface area (Å²) in [7, 11) is 0. The Morgan fingerprint density at radius 3 is 2.85 bits per heavy atom. The summed E-state index contributed by atoms with van der Waals surface area (Å²) >= 11 is 1.78. The molecule has 1 aliphatic heterocycles. The molecule has 72 valence electrons. The summed E-state index contributed by atoms with van der Waals surface area (Å²) in [5.74, 6) is 1.83. The standard InChI is InChI=1S/C7H11N3O2S/c11-6-5(7(12)10-9-6)4-3-13-2-1-8-4/h4,8H,1-3H2,(H3,9,10,11,12). The Bertz CT molecular complexity index is 340. The van der Waals surface area contributed by atoms with Crippen LogP contribution in [0.15, 0.2) is 4.79 Å². The highest BCUT2D eigenvalue weighted by atomic mass is 32.2. The summed E-state index contributed by atoms with van der Waals surface area (Å²) in [5, 5.41) is 17.3. The minimum atomic E-state index is -0.238. The molecule has 13 heavy (non-hydrogen) atoms. The Morgan fingerprint density at radius 2 is 2.31 bits per heavy atom. The van der Waals surface area contributed by atoms with E-state index in [0.717, 1.165) is 18.1 Å². The summed E-state index contributed by atoms with van der Waals surface area (Å²) in [6, 6.07) is -0.0336. The molecule has 0 bridgehead atoms. The summed E-state index contributed by atoms with van der Waals surface area (Å²) in [6.07, 6.45) is 0. The molecule has 0 saturated carbocycles. The summed E-state index contributed by atoms with van der Waals surface area (Å²) in [5.41, 5.74) is 0.185. The van der Waals surface area contributed by atoms with Gasteiger partial charge in [-0.25, -0.2) is 0 Å². The van der Waals surface area contributed by atoms with Crippen LogP contribution in [0.5, 0.6) is 5.88 Å². The van der Waals surface area contributed by atoms with E-state index >= 15 is 0 Å². The number of aromatic hydroxyl groups is 1. The molecule has 1 atom stereocenters. The van der Waals surface area contributed by atoms with Gasteiger partial charge in [0, 0.05) is 18.1 Å². The molecule has 0 amide bonds. The van der Waals surface area contributed by atoms with Crippen LogP contribution in [0.1, 0.15) is 11.6 Å². The first-order valence-electron chi connectivity index (χ1n) is 4.09. The smallest absolute Gasteiger partial charge is 0.272 e. The van der Waals surface area contributed by atoms with Crippen LogP contribution in [-0.2, 0) is 0 Å². The fourth-order valence-corrected chi connectivity index (χ4v) is 2.38. The van der Waals surface area contributed by atoms with E-state index in [-0.39, 0.29) is 17.5 Å². The zero-order valence-electron chi connectivity index (χ0n) is 6.96. The Labute approximate surface area is 78.9 Å². The number of H-pyrrole nitrogens is 2. The number of aromatic nitrogens is 2. The second-order valence-electron chi connectivity index (χ2n) is 2.92. The molecule has 1 fully saturated rings. The van der Waals surface area contributed by atoms with Gasteiger partial charge in [0.1, 0.15) is 0 Å².